The largest absolute Gasteiger partial charge is 0.493 e. The SMILES string of the molecule is O=C(N=Nc1c(O)[nH]c2ccc(I)cc12)c1ccc(-c2ccccc2)cc1.O=C(N=Nc1c(O)[nH]c2ccc(I)cc12)c1ccc(Br)cc1. The zero-order chi connectivity index (χ0) is 34.5. The molecule has 13 heteroatoms. The molecule has 2 amide bonds. The maximum Gasteiger partial charge on any atom is 0.295 e. The molecule has 0 aliphatic carbocycles. The summed E-state index contributed by atoms with van der Waals surface area (Å²) < 4.78 is 2.88. The number of hydrogen-bond donors (Lipinski definition) is 4. The van der Waals surface area contributed by atoms with Crippen LogP contribution in [0, 0.1) is 7.14 Å². The van der Waals surface area contributed by atoms with Crippen molar-refractivity contribution in [2.45, 2.75) is 0 Å². The molecule has 0 fully saturated rings. The fourth-order valence-corrected chi connectivity index (χ4v) is 6.06. The Hall–Kier alpha value is -4.74. The second-order valence-electron chi connectivity index (χ2n) is 10.5. The lowest BCUT2D eigenvalue weighted by molar-refractivity contribution is 0.0987. The molecular formula is C36H23BrI2N6O4. The van der Waals surface area contributed by atoms with Crippen molar-refractivity contribution < 1.29 is 19.8 Å². The van der Waals surface area contributed by atoms with E-state index in [2.05, 4.69) is 91.5 Å². The molecule has 0 bridgehead atoms. The van der Waals surface area contributed by atoms with E-state index in [9.17, 15) is 19.8 Å². The summed E-state index contributed by atoms with van der Waals surface area (Å²) in [4.78, 5) is 30.0. The van der Waals surface area contributed by atoms with Gasteiger partial charge in [-0.3, -0.25) is 9.59 Å². The van der Waals surface area contributed by atoms with Crippen LogP contribution >= 0.6 is 61.1 Å². The Balaban J connectivity index is 0.000000174. The number of hydrogen-bond acceptors (Lipinski definition) is 6. The van der Waals surface area contributed by atoms with Crippen molar-refractivity contribution in [3.63, 3.8) is 0 Å². The number of halogens is 3. The van der Waals surface area contributed by atoms with Gasteiger partial charge >= 0.3 is 0 Å². The molecule has 0 radical (unpaired) electrons. The lowest BCUT2D eigenvalue weighted by atomic mass is 10.0. The highest BCUT2D eigenvalue weighted by molar-refractivity contribution is 14.1. The number of amides is 2. The summed E-state index contributed by atoms with van der Waals surface area (Å²) in [6.07, 6.45) is 0. The number of carbonyl (C=O) groups is 2. The maximum atomic E-state index is 12.3. The van der Waals surface area contributed by atoms with Gasteiger partial charge in [0.15, 0.2) is 11.4 Å². The van der Waals surface area contributed by atoms with Crippen molar-refractivity contribution in [1.29, 1.82) is 0 Å². The first-order valence-corrected chi connectivity index (χ1v) is 17.4. The molecular weight excluding hydrogens is 914 g/mol. The van der Waals surface area contributed by atoms with Gasteiger partial charge in [-0.1, -0.05) is 58.4 Å². The van der Waals surface area contributed by atoms with Crippen LogP contribution in [0.15, 0.2) is 140 Å². The van der Waals surface area contributed by atoms with Crippen LogP contribution in [0.5, 0.6) is 11.8 Å². The summed E-state index contributed by atoms with van der Waals surface area (Å²) in [6.45, 7) is 0. The zero-order valence-electron chi connectivity index (χ0n) is 25.1. The van der Waals surface area contributed by atoms with Gasteiger partial charge in [0.05, 0.1) is 11.0 Å². The second-order valence-corrected chi connectivity index (χ2v) is 13.9. The van der Waals surface area contributed by atoms with E-state index in [1.54, 1.807) is 36.4 Å². The molecule has 0 aliphatic rings. The Labute approximate surface area is 314 Å². The summed E-state index contributed by atoms with van der Waals surface area (Å²) in [5.74, 6) is -1.15. The summed E-state index contributed by atoms with van der Waals surface area (Å²) >= 11 is 7.65. The number of aromatic amines is 2. The smallest absolute Gasteiger partial charge is 0.295 e. The Morgan fingerprint density at radius 3 is 1.47 bits per heavy atom. The van der Waals surface area contributed by atoms with Crippen LogP contribution in [0.4, 0.5) is 11.4 Å². The van der Waals surface area contributed by atoms with Crippen molar-refractivity contribution in [3.05, 3.63) is 138 Å². The van der Waals surface area contributed by atoms with Crippen LogP contribution in [0.2, 0.25) is 0 Å². The number of carbonyl (C=O) groups excluding carboxylic acids is 2. The molecule has 2 aromatic heterocycles. The van der Waals surface area contributed by atoms with Gasteiger partial charge in [0.2, 0.25) is 11.8 Å². The number of benzene rings is 5. The molecule has 0 spiro atoms. The van der Waals surface area contributed by atoms with Crippen LogP contribution in [0.25, 0.3) is 32.9 Å². The number of rotatable bonds is 5. The quantitative estimate of drug-likeness (QED) is 0.100. The van der Waals surface area contributed by atoms with Gasteiger partial charge in [-0.15, -0.1) is 20.5 Å². The van der Waals surface area contributed by atoms with Crippen LogP contribution in [0.3, 0.4) is 0 Å². The standard InChI is InChI=1S/C21H14IN3O2.C15H9BrIN3O2/c22-16-10-11-18-17(12-16)19(21(27)23-18)24-25-20(26)15-8-6-14(7-9-15)13-4-2-1-3-5-13;16-9-3-1-8(2-4-9)14(21)20-19-13-11-7-10(17)5-6-12(11)18-15(13)22/h1-12,23,27H;1-7,18,22H. The molecule has 0 saturated heterocycles. The maximum absolute atomic E-state index is 12.3. The van der Waals surface area contributed by atoms with E-state index in [1.807, 2.05) is 78.9 Å². The summed E-state index contributed by atoms with van der Waals surface area (Å²) in [5.41, 5.74) is 4.97. The number of H-pyrrole nitrogens is 2. The number of nitrogens with one attached hydrogen (secondary N) is 2. The first-order chi connectivity index (χ1) is 23.7. The van der Waals surface area contributed by atoms with Crippen LogP contribution in [0.1, 0.15) is 20.7 Å². The Morgan fingerprint density at radius 1 is 0.571 bits per heavy atom. The number of aromatic hydroxyl groups is 2. The Kier molecular flexibility index (Phi) is 10.6. The van der Waals surface area contributed by atoms with E-state index in [-0.39, 0.29) is 23.1 Å². The van der Waals surface area contributed by atoms with Crippen molar-refractivity contribution >= 4 is 106 Å². The molecule has 4 N–H and O–H groups in total. The van der Waals surface area contributed by atoms with Gasteiger partial charge in [-0.25, -0.2) is 0 Å². The van der Waals surface area contributed by atoms with Crippen LogP contribution in [-0.2, 0) is 0 Å². The molecule has 5 aromatic carbocycles. The van der Waals surface area contributed by atoms with Crippen LogP contribution < -0.4 is 0 Å². The molecule has 242 valence electrons. The molecule has 10 nitrogen and oxygen atoms in total. The normalized spacial score (nSPS) is 11.3. The average Bonchev–Trinajstić information content (AvgIpc) is 3.60. The van der Waals surface area contributed by atoms with Crippen molar-refractivity contribution in [2.24, 2.45) is 20.5 Å². The first kappa shape index (κ1) is 34.1. The highest BCUT2D eigenvalue weighted by Crippen LogP contribution is 2.37. The van der Waals surface area contributed by atoms with Gasteiger partial charge in [0.25, 0.3) is 11.8 Å². The summed E-state index contributed by atoms with van der Waals surface area (Å²) in [7, 11) is 0. The molecule has 0 unspecified atom stereocenters. The molecule has 7 rings (SSSR count). The van der Waals surface area contributed by atoms with Gasteiger partial charge in [0, 0.05) is 33.5 Å². The van der Waals surface area contributed by atoms with Gasteiger partial charge in [-0.2, -0.15) is 0 Å². The highest BCUT2D eigenvalue weighted by Gasteiger charge is 2.13. The second kappa shape index (κ2) is 15.2. The van der Waals surface area contributed by atoms with Gasteiger partial charge < -0.3 is 20.2 Å². The third kappa shape index (κ3) is 8.12. The Bertz CT molecular complexity index is 2370. The van der Waals surface area contributed by atoms with E-state index < -0.39 is 11.8 Å². The van der Waals surface area contributed by atoms with Gasteiger partial charge in [-0.05, 0) is 129 Å². The van der Waals surface area contributed by atoms with E-state index >= 15 is 0 Å². The topological polar surface area (TPSA) is 156 Å². The predicted octanol–water partition coefficient (Wildman–Crippen LogP) is 11.2. The lowest BCUT2D eigenvalue weighted by Gasteiger charge is -2.01. The predicted molar refractivity (Wildman–Crippen MR) is 209 cm³/mol. The third-order valence-electron chi connectivity index (χ3n) is 7.24. The van der Waals surface area contributed by atoms with Crippen LogP contribution in [-0.4, -0.2) is 32.0 Å². The zero-order valence-corrected chi connectivity index (χ0v) is 31.0. The van der Waals surface area contributed by atoms with E-state index in [0.29, 0.717) is 11.1 Å². The molecule has 7 aromatic rings. The first-order valence-electron chi connectivity index (χ1n) is 14.5. The molecule has 2 heterocycles. The molecule has 0 saturated carbocycles. The average molecular weight is 937 g/mol. The van der Waals surface area contributed by atoms with E-state index in [0.717, 1.165) is 44.5 Å². The molecule has 49 heavy (non-hydrogen) atoms. The van der Waals surface area contributed by atoms with Crippen molar-refractivity contribution in [3.8, 4) is 22.9 Å². The van der Waals surface area contributed by atoms with Crippen molar-refractivity contribution in [2.75, 3.05) is 0 Å². The minimum absolute atomic E-state index is 0.107. The monoisotopic (exact) mass is 936 g/mol. The third-order valence-corrected chi connectivity index (χ3v) is 9.11. The fourth-order valence-electron chi connectivity index (χ4n) is 4.81. The lowest BCUT2D eigenvalue weighted by Crippen LogP contribution is -1.93. The minimum Gasteiger partial charge on any atom is -0.493 e. The molecule has 0 atom stereocenters. The highest BCUT2D eigenvalue weighted by atomic mass is 127. The molecule has 0 aliphatic heterocycles. The summed E-state index contributed by atoms with van der Waals surface area (Å²) in [6, 6.07) is 35.2. The van der Waals surface area contributed by atoms with E-state index in [4.69, 9.17) is 0 Å². The fraction of sp³-hybridized carbons (Fsp3) is 0. The van der Waals surface area contributed by atoms with E-state index in [1.165, 1.54) is 0 Å². The number of nitrogens with zero attached hydrogens (tertiary/aromatic N) is 4. The minimum atomic E-state index is -0.466. The summed E-state index contributed by atoms with van der Waals surface area (Å²) in [5, 5.41) is 36.8. The number of fused-ring (bicyclic) bond motifs is 2. The van der Waals surface area contributed by atoms with Crippen molar-refractivity contribution in [1.82, 2.24) is 9.97 Å². The number of azo groups is 2. The van der Waals surface area contributed by atoms with Gasteiger partial charge in [0.1, 0.15) is 0 Å². The Morgan fingerprint density at radius 2 is 1.00 bits per heavy atom. The number of aromatic nitrogens is 2.